The number of carbonyl (C=O) groups is 1. The van der Waals surface area contributed by atoms with Crippen LogP contribution in [-0.4, -0.2) is 22.7 Å². The first-order valence-corrected chi connectivity index (χ1v) is 8.74. The van der Waals surface area contributed by atoms with Gasteiger partial charge in [0.1, 0.15) is 11.3 Å². The van der Waals surface area contributed by atoms with Crippen LogP contribution in [0.5, 0.6) is 5.75 Å². The van der Waals surface area contributed by atoms with Crippen LogP contribution >= 0.6 is 12.4 Å². The minimum Gasteiger partial charge on any atom is -0.507 e. The Kier molecular flexibility index (Phi) is 7.06. The molecule has 0 saturated carbocycles. The molecule has 0 heterocycles. The zero-order valence-electron chi connectivity index (χ0n) is 15.7. The highest BCUT2D eigenvalue weighted by molar-refractivity contribution is 5.91. The summed E-state index contributed by atoms with van der Waals surface area (Å²) in [4.78, 5) is 11.2. The van der Waals surface area contributed by atoms with Gasteiger partial charge in [0.25, 0.3) is 0 Å². The Hall–Kier alpha value is -3.00. The number of halogens is 1. The van der Waals surface area contributed by atoms with Crippen LogP contribution in [0.15, 0.2) is 54.6 Å². The summed E-state index contributed by atoms with van der Waals surface area (Å²) in [6, 6.07) is 17.7. The number of rotatable bonds is 4. The largest absolute Gasteiger partial charge is 0.507 e. The van der Waals surface area contributed by atoms with Gasteiger partial charge in [0.2, 0.25) is 0 Å². The molecule has 4 nitrogen and oxygen atoms in total. The Morgan fingerprint density at radius 1 is 1.14 bits per heavy atom. The van der Waals surface area contributed by atoms with Gasteiger partial charge < -0.3 is 10.2 Å². The van der Waals surface area contributed by atoms with E-state index in [9.17, 15) is 9.90 Å². The predicted molar refractivity (Wildman–Crippen MR) is 114 cm³/mol. The molecule has 3 rings (SSSR count). The molecule has 3 aromatic rings. The third-order valence-corrected chi connectivity index (χ3v) is 4.55. The highest BCUT2D eigenvalue weighted by Gasteiger charge is 2.12. The van der Waals surface area contributed by atoms with Gasteiger partial charge in [-0.3, -0.25) is 5.32 Å². The summed E-state index contributed by atoms with van der Waals surface area (Å²) in [5.41, 5.74) is 2.15. The Bertz CT molecular complexity index is 1060. The first-order valence-electron chi connectivity index (χ1n) is 8.74. The fourth-order valence-electron chi connectivity index (χ4n) is 3.10. The molecule has 0 spiro atoms. The van der Waals surface area contributed by atoms with E-state index < -0.39 is 5.97 Å². The van der Waals surface area contributed by atoms with E-state index in [4.69, 9.17) is 5.11 Å². The lowest BCUT2D eigenvalue weighted by atomic mass is 10.00. The molecule has 0 bridgehead atoms. The van der Waals surface area contributed by atoms with Gasteiger partial charge in [0, 0.05) is 11.6 Å². The van der Waals surface area contributed by atoms with E-state index >= 15 is 0 Å². The van der Waals surface area contributed by atoms with Crippen molar-refractivity contribution in [3.8, 4) is 17.6 Å². The van der Waals surface area contributed by atoms with Gasteiger partial charge in [-0.05, 0) is 47.9 Å². The minimum absolute atomic E-state index is 0. The lowest BCUT2D eigenvalue weighted by Gasteiger charge is -2.15. The van der Waals surface area contributed by atoms with Gasteiger partial charge in [-0.2, -0.15) is 0 Å². The van der Waals surface area contributed by atoms with Crippen LogP contribution in [0.3, 0.4) is 0 Å². The topological polar surface area (TPSA) is 69.6 Å². The first kappa shape index (κ1) is 21.3. The zero-order chi connectivity index (χ0) is 19.4. The van der Waals surface area contributed by atoms with Crippen LogP contribution in [0.2, 0.25) is 0 Å². The van der Waals surface area contributed by atoms with Gasteiger partial charge in [0.05, 0.1) is 6.54 Å². The molecule has 0 fully saturated rings. The molecule has 1 atom stereocenters. The molecular weight excluding hydrogens is 374 g/mol. The normalized spacial score (nSPS) is 11.2. The quantitative estimate of drug-likeness (QED) is 0.561. The van der Waals surface area contributed by atoms with Crippen LogP contribution in [0.4, 0.5) is 0 Å². The molecule has 0 aliphatic rings. The lowest BCUT2D eigenvalue weighted by Crippen LogP contribution is -2.19. The second-order valence-corrected chi connectivity index (χ2v) is 6.47. The Morgan fingerprint density at radius 2 is 1.86 bits per heavy atom. The van der Waals surface area contributed by atoms with E-state index in [1.165, 1.54) is 22.4 Å². The number of benzene rings is 3. The maximum absolute atomic E-state index is 11.2. The summed E-state index contributed by atoms with van der Waals surface area (Å²) >= 11 is 0. The van der Waals surface area contributed by atoms with E-state index in [2.05, 4.69) is 48.3 Å². The number of aromatic carboxylic acids is 1. The van der Waals surface area contributed by atoms with E-state index in [1.54, 1.807) is 13.0 Å². The molecule has 28 heavy (non-hydrogen) atoms. The number of carboxylic acids is 1. The van der Waals surface area contributed by atoms with Gasteiger partial charge in [0.15, 0.2) is 0 Å². The summed E-state index contributed by atoms with van der Waals surface area (Å²) < 4.78 is 0. The van der Waals surface area contributed by atoms with Crippen molar-refractivity contribution in [1.82, 2.24) is 5.32 Å². The smallest absolute Gasteiger partial charge is 0.339 e. The van der Waals surface area contributed by atoms with Crippen molar-refractivity contribution in [2.45, 2.75) is 19.9 Å². The summed E-state index contributed by atoms with van der Waals surface area (Å²) in [6.45, 7) is 4.22. The summed E-state index contributed by atoms with van der Waals surface area (Å²) in [5, 5.41) is 24.8. The fraction of sp³-hybridized carbons (Fsp3) is 0.174. The monoisotopic (exact) mass is 395 g/mol. The van der Waals surface area contributed by atoms with Crippen molar-refractivity contribution in [2.75, 3.05) is 6.54 Å². The van der Waals surface area contributed by atoms with Crippen LogP contribution in [0, 0.1) is 18.8 Å². The molecule has 5 heteroatoms. The molecule has 144 valence electrons. The third kappa shape index (κ3) is 4.64. The van der Waals surface area contributed by atoms with E-state index in [1.807, 2.05) is 18.2 Å². The average molecular weight is 396 g/mol. The Morgan fingerprint density at radius 3 is 2.61 bits per heavy atom. The third-order valence-electron chi connectivity index (χ3n) is 4.55. The van der Waals surface area contributed by atoms with E-state index in [0.717, 1.165) is 0 Å². The van der Waals surface area contributed by atoms with Crippen LogP contribution < -0.4 is 5.32 Å². The summed E-state index contributed by atoms with van der Waals surface area (Å²) in [6.07, 6.45) is 0. The molecule has 0 saturated heterocycles. The molecule has 0 radical (unpaired) electrons. The van der Waals surface area contributed by atoms with Gasteiger partial charge in [-0.1, -0.05) is 54.3 Å². The summed E-state index contributed by atoms with van der Waals surface area (Å²) in [7, 11) is 0. The molecule has 1 unspecified atom stereocenters. The maximum atomic E-state index is 11.2. The highest BCUT2D eigenvalue weighted by Crippen LogP contribution is 2.24. The SMILES string of the molecule is Cc1cc(C#CCNC(C)c2cccc3ccccc23)cc(C(=O)O)c1O.Cl. The number of phenols is 1. The molecule has 0 aromatic heterocycles. The number of carboxylic acid groups (broad SMARTS) is 1. The van der Waals surface area contributed by atoms with Gasteiger partial charge in [-0.15, -0.1) is 12.4 Å². The van der Waals surface area contributed by atoms with Crippen molar-refractivity contribution in [3.05, 3.63) is 76.9 Å². The molecule has 3 aromatic carbocycles. The fourth-order valence-corrected chi connectivity index (χ4v) is 3.10. The Labute approximate surface area is 170 Å². The van der Waals surface area contributed by atoms with Crippen molar-refractivity contribution in [2.24, 2.45) is 0 Å². The maximum Gasteiger partial charge on any atom is 0.339 e. The van der Waals surface area contributed by atoms with Crippen molar-refractivity contribution in [1.29, 1.82) is 0 Å². The molecule has 3 N–H and O–H groups in total. The van der Waals surface area contributed by atoms with E-state index in [-0.39, 0.29) is 29.8 Å². The van der Waals surface area contributed by atoms with E-state index in [0.29, 0.717) is 17.7 Å². The molecule has 0 aliphatic heterocycles. The van der Waals surface area contributed by atoms with Crippen molar-refractivity contribution >= 4 is 29.1 Å². The molecular formula is C23H22ClNO3. The minimum atomic E-state index is -1.16. The second kappa shape index (κ2) is 9.27. The predicted octanol–water partition coefficient (Wildman–Crippen LogP) is 4.68. The number of aromatic hydroxyl groups is 1. The van der Waals surface area contributed by atoms with Crippen LogP contribution in [0.1, 0.15) is 40.0 Å². The highest BCUT2D eigenvalue weighted by atomic mass is 35.5. The zero-order valence-corrected chi connectivity index (χ0v) is 16.5. The number of hydrogen-bond acceptors (Lipinski definition) is 3. The number of aryl methyl sites for hydroxylation is 1. The van der Waals surface area contributed by atoms with Crippen LogP contribution in [-0.2, 0) is 0 Å². The van der Waals surface area contributed by atoms with Gasteiger partial charge >= 0.3 is 5.97 Å². The lowest BCUT2D eigenvalue weighted by molar-refractivity contribution is 0.0693. The number of nitrogens with one attached hydrogen (secondary N) is 1. The van der Waals surface area contributed by atoms with Crippen molar-refractivity contribution in [3.63, 3.8) is 0 Å². The average Bonchev–Trinajstić information content (AvgIpc) is 2.66. The molecule has 0 amide bonds. The standard InChI is InChI=1S/C23H21NO3.ClH/c1-15-13-17(14-21(22(15)25)23(26)27)7-6-12-24-16(2)19-11-5-9-18-8-3-4-10-20(18)19;/h3-5,8-11,13-14,16,24-25H,12H2,1-2H3,(H,26,27);1H. The Balaban J connectivity index is 0.00000280. The van der Waals surface area contributed by atoms with Crippen LogP contribution in [0.25, 0.3) is 10.8 Å². The molecule has 0 aliphatic carbocycles. The van der Waals surface area contributed by atoms with Gasteiger partial charge in [-0.25, -0.2) is 4.79 Å². The number of fused-ring (bicyclic) bond motifs is 1. The second-order valence-electron chi connectivity index (χ2n) is 6.47. The summed E-state index contributed by atoms with van der Waals surface area (Å²) in [5.74, 6) is 4.62. The first-order chi connectivity index (χ1) is 13.0. The number of hydrogen-bond donors (Lipinski definition) is 3. The van der Waals surface area contributed by atoms with Crippen molar-refractivity contribution < 1.29 is 15.0 Å².